The van der Waals surface area contributed by atoms with E-state index < -0.39 is 11.4 Å². The van der Waals surface area contributed by atoms with Crippen LogP contribution in [0.15, 0.2) is 35.1 Å². The summed E-state index contributed by atoms with van der Waals surface area (Å²) in [4.78, 5) is 29.9. The summed E-state index contributed by atoms with van der Waals surface area (Å²) in [6.07, 6.45) is 1.95. The molecular weight excluding hydrogens is 507 g/mol. The van der Waals surface area contributed by atoms with E-state index in [0.29, 0.717) is 29.9 Å². The zero-order valence-corrected chi connectivity index (χ0v) is 20.5. The Kier molecular flexibility index (Phi) is 5.46. The summed E-state index contributed by atoms with van der Waals surface area (Å²) in [6.45, 7) is 6.81. The zero-order chi connectivity index (χ0) is 24.2. The SMILES string of the molecule is CC(C)(C)OC(=O)N1C[C@@H]2C[C@H]1CN2c1ccc2ncnc(Nc3ccc(O)c(Br)c3F)c2n1. The van der Waals surface area contributed by atoms with Gasteiger partial charge < -0.3 is 25.0 Å². The van der Waals surface area contributed by atoms with Gasteiger partial charge in [0.2, 0.25) is 0 Å². The fourth-order valence-corrected chi connectivity index (χ4v) is 4.78. The van der Waals surface area contributed by atoms with Crippen LogP contribution in [-0.2, 0) is 4.74 Å². The van der Waals surface area contributed by atoms with Crippen molar-refractivity contribution in [1.29, 1.82) is 0 Å². The first kappa shape index (κ1) is 22.6. The van der Waals surface area contributed by atoms with Crippen LogP contribution in [0, 0.1) is 5.82 Å². The van der Waals surface area contributed by atoms with E-state index in [4.69, 9.17) is 9.72 Å². The van der Waals surface area contributed by atoms with Gasteiger partial charge in [-0.15, -0.1) is 0 Å². The number of aromatic hydroxyl groups is 1. The number of hydrogen-bond donors (Lipinski definition) is 2. The maximum absolute atomic E-state index is 14.6. The Balaban J connectivity index is 1.40. The number of likely N-dealkylation sites (tertiary alicyclic amines) is 1. The van der Waals surface area contributed by atoms with Crippen LogP contribution in [0.2, 0.25) is 0 Å². The van der Waals surface area contributed by atoms with Crippen LogP contribution in [0.3, 0.4) is 0 Å². The summed E-state index contributed by atoms with van der Waals surface area (Å²) in [6, 6.07) is 6.76. The van der Waals surface area contributed by atoms with Gasteiger partial charge in [0, 0.05) is 13.1 Å². The number of ether oxygens (including phenoxy) is 1. The number of piperazine rings is 1. The van der Waals surface area contributed by atoms with E-state index in [-0.39, 0.29) is 34.1 Å². The number of rotatable bonds is 3. The van der Waals surface area contributed by atoms with Gasteiger partial charge in [-0.2, -0.15) is 0 Å². The molecule has 5 rings (SSSR count). The zero-order valence-electron chi connectivity index (χ0n) is 18.9. The molecule has 9 nitrogen and oxygen atoms in total. The summed E-state index contributed by atoms with van der Waals surface area (Å²) >= 11 is 3.04. The molecule has 0 unspecified atom stereocenters. The van der Waals surface area contributed by atoms with Crippen molar-refractivity contribution in [3.63, 3.8) is 0 Å². The van der Waals surface area contributed by atoms with Gasteiger partial charge in [-0.05, 0) is 67.4 Å². The second kappa shape index (κ2) is 8.23. The van der Waals surface area contributed by atoms with Crippen molar-refractivity contribution >= 4 is 50.4 Å². The first-order valence-electron chi connectivity index (χ1n) is 10.9. The van der Waals surface area contributed by atoms with Gasteiger partial charge in [-0.1, -0.05) is 0 Å². The molecule has 0 radical (unpaired) electrons. The third-order valence-electron chi connectivity index (χ3n) is 5.95. The number of nitrogens with one attached hydrogen (secondary N) is 1. The summed E-state index contributed by atoms with van der Waals surface area (Å²) in [5, 5.41) is 12.7. The van der Waals surface area contributed by atoms with Gasteiger partial charge in [0.15, 0.2) is 11.6 Å². The largest absolute Gasteiger partial charge is 0.507 e. The Labute approximate surface area is 204 Å². The first-order chi connectivity index (χ1) is 16.1. The van der Waals surface area contributed by atoms with Crippen LogP contribution < -0.4 is 10.2 Å². The molecule has 2 bridgehead atoms. The quantitative estimate of drug-likeness (QED) is 0.474. The van der Waals surface area contributed by atoms with Gasteiger partial charge >= 0.3 is 6.09 Å². The average Bonchev–Trinajstić information content (AvgIpc) is 3.39. The van der Waals surface area contributed by atoms with Crippen LogP contribution in [0.25, 0.3) is 11.0 Å². The molecule has 2 aromatic heterocycles. The molecule has 11 heteroatoms. The molecule has 3 aromatic rings. The fraction of sp³-hybridized carbons (Fsp3) is 0.391. The minimum atomic E-state index is -0.637. The van der Waals surface area contributed by atoms with Gasteiger partial charge in [-0.3, -0.25) is 0 Å². The topological polar surface area (TPSA) is 104 Å². The molecule has 2 aliphatic rings. The third kappa shape index (κ3) is 4.08. The normalized spacial score (nSPS) is 19.7. The lowest BCUT2D eigenvalue weighted by molar-refractivity contribution is 0.0214. The lowest BCUT2D eigenvalue weighted by Crippen LogP contribution is -2.50. The summed E-state index contributed by atoms with van der Waals surface area (Å²) in [5.74, 6) is 0.264. The van der Waals surface area contributed by atoms with Gasteiger partial charge in [0.1, 0.15) is 29.0 Å². The molecule has 4 heterocycles. The second-order valence-corrected chi connectivity index (χ2v) is 10.3. The summed E-state index contributed by atoms with van der Waals surface area (Å²) in [5.41, 5.74) is 0.716. The highest BCUT2D eigenvalue weighted by Crippen LogP contribution is 2.37. The number of phenolic OH excluding ortho intramolecular Hbond substituents is 1. The third-order valence-corrected chi connectivity index (χ3v) is 6.70. The summed E-state index contributed by atoms with van der Waals surface area (Å²) < 4.78 is 20.1. The Morgan fingerprint density at radius 1 is 1.21 bits per heavy atom. The van der Waals surface area contributed by atoms with Crippen LogP contribution in [0.5, 0.6) is 5.75 Å². The molecule has 2 atom stereocenters. The molecule has 0 saturated carbocycles. The number of pyridine rings is 1. The molecular formula is C23H24BrFN6O3. The van der Waals surface area contributed by atoms with Crippen LogP contribution in [-0.4, -0.2) is 61.8 Å². The Morgan fingerprint density at radius 2 is 2.00 bits per heavy atom. The number of carbonyl (C=O) groups excluding carboxylic acids is 1. The minimum Gasteiger partial charge on any atom is -0.507 e. The molecule has 2 N–H and O–H groups in total. The number of carbonyl (C=O) groups is 1. The van der Waals surface area contributed by atoms with Crippen LogP contribution in [0.1, 0.15) is 27.2 Å². The van der Waals surface area contributed by atoms with Crippen LogP contribution in [0.4, 0.5) is 26.5 Å². The van der Waals surface area contributed by atoms with Crippen molar-refractivity contribution in [3.8, 4) is 5.75 Å². The number of phenols is 1. The average molecular weight is 531 g/mol. The molecule has 1 aromatic carbocycles. The molecule has 2 aliphatic heterocycles. The van der Waals surface area contributed by atoms with Crippen molar-refractivity contribution in [3.05, 3.63) is 40.9 Å². The maximum Gasteiger partial charge on any atom is 0.410 e. The molecule has 178 valence electrons. The predicted molar refractivity (Wildman–Crippen MR) is 129 cm³/mol. The van der Waals surface area contributed by atoms with Crippen molar-refractivity contribution in [2.75, 3.05) is 23.3 Å². The number of hydrogen-bond acceptors (Lipinski definition) is 8. The number of anilines is 3. The number of fused-ring (bicyclic) bond motifs is 3. The van der Waals surface area contributed by atoms with E-state index in [9.17, 15) is 14.3 Å². The van der Waals surface area contributed by atoms with E-state index in [2.05, 4.69) is 36.1 Å². The van der Waals surface area contributed by atoms with E-state index >= 15 is 0 Å². The minimum absolute atomic E-state index is 0.0351. The Hall–Kier alpha value is -3.21. The molecule has 0 aliphatic carbocycles. The fourth-order valence-electron chi connectivity index (χ4n) is 4.44. The van der Waals surface area contributed by atoms with Crippen molar-refractivity contribution in [1.82, 2.24) is 19.9 Å². The number of aromatic nitrogens is 3. The molecule has 2 saturated heterocycles. The highest BCUT2D eigenvalue weighted by atomic mass is 79.9. The smallest absolute Gasteiger partial charge is 0.410 e. The molecule has 34 heavy (non-hydrogen) atoms. The van der Waals surface area contributed by atoms with E-state index in [1.54, 1.807) is 4.90 Å². The highest BCUT2D eigenvalue weighted by molar-refractivity contribution is 9.10. The highest BCUT2D eigenvalue weighted by Gasteiger charge is 2.47. The van der Waals surface area contributed by atoms with E-state index in [0.717, 1.165) is 12.2 Å². The van der Waals surface area contributed by atoms with Crippen molar-refractivity contribution < 1.29 is 19.0 Å². The second-order valence-electron chi connectivity index (χ2n) is 9.47. The molecule has 2 fully saturated rings. The van der Waals surface area contributed by atoms with Gasteiger partial charge in [0.25, 0.3) is 0 Å². The number of halogens is 2. The lowest BCUT2D eigenvalue weighted by Gasteiger charge is -2.35. The van der Waals surface area contributed by atoms with Gasteiger partial charge in [0.05, 0.1) is 27.8 Å². The van der Waals surface area contributed by atoms with E-state index in [1.807, 2.05) is 32.9 Å². The molecule has 1 amide bonds. The Morgan fingerprint density at radius 3 is 2.71 bits per heavy atom. The number of amides is 1. The Bertz CT molecular complexity index is 1280. The number of benzene rings is 1. The van der Waals surface area contributed by atoms with Crippen molar-refractivity contribution in [2.24, 2.45) is 0 Å². The summed E-state index contributed by atoms with van der Waals surface area (Å²) in [7, 11) is 0. The maximum atomic E-state index is 14.6. The first-order valence-corrected chi connectivity index (χ1v) is 11.7. The van der Waals surface area contributed by atoms with E-state index in [1.165, 1.54) is 18.5 Å². The lowest BCUT2D eigenvalue weighted by atomic mass is 10.2. The van der Waals surface area contributed by atoms with Crippen LogP contribution >= 0.6 is 15.9 Å². The van der Waals surface area contributed by atoms with Crippen molar-refractivity contribution in [2.45, 2.75) is 44.9 Å². The number of nitrogens with zero attached hydrogens (tertiary/aromatic N) is 5. The van der Waals surface area contributed by atoms with Gasteiger partial charge in [-0.25, -0.2) is 24.1 Å². The monoisotopic (exact) mass is 530 g/mol. The predicted octanol–water partition coefficient (Wildman–Crippen LogP) is 4.57. The molecule has 0 spiro atoms. The standard InChI is InChI=1S/C23H24BrFN6O3/c1-23(2,3)34-22(33)31-10-12-8-13(31)9-30(12)17-7-5-15-20(29-17)21(27-11-26-15)28-14-4-6-16(32)18(24)19(14)25/h4-7,11-13,32H,8-10H2,1-3H3,(H,26,27,28)/t12-,13-/m0/s1.